The predicted octanol–water partition coefficient (Wildman–Crippen LogP) is 6.94. The molecule has 4 aromatic rings. The van der Waals surface area contributed by atoms with Crippen LogP contribution in [0.2, 0.25) is 0 Å². The number of aromatic nitrogens is 1. The van der Waals surface area contributed by atoms with E-state index in [2.05, 4.69) is 11.4 Å². The van der Waals surface area contributed by atoms with Gasteiger partial charge in [-0.2, -0.15) is 5.26 Å². The zero-order chi connectivity index (χ0) is 25.5. The fourth-order valence-corrected chi connectivity index (χ4v) is 4.73. The normalized spacial score (nSPS) is 11.4. The average Bonchev–Trinajstić information content (AvgIpc) is 2.93. The van der Waals surface area contributed by atoms with Crippen molar-refractivity contribution in [1.29, 1.82) is 5.26 Å². The summed E-state index contributed by atoms with van der Waals surface area (Å²) in [6.45, 7) is 1.87. The number of methoxy groups -OCH3 is 1. The molecule has 1 N–H and O–H groups in total. The van der Waals surface area contributed by atoms with Gasteiger partial charge in [-0.25, -0.2) is 9.37 Å². The molecule has 3 aromatic carbocycles. The number of nitrogens with zero attached hydrogens (tertiary/aromatic N) is 2. The molecule has 0 saturated carbocycles. The fraction of sp³-hybridized carbons (Fsp3) is 0.138. The van der Waals surface area contributed by atoms with Crippen LogP contribution in [0.15, 0.2) is 90.0 Å². The lowest BCUT2D eigenvalue weighted by Gasteiger charge is -2.18. The van der Waals surface area contributed by atoms with Crippen molar-refractivity contribution >= 4 is 23.4 Å². The highest BCUT2D eigenvalue weighted by Crippen LogP contribution is 2.37. The SMILES string of the molecule is CCC(Sc1nc(-c2ccccc2)cc(-c2ccc(OC)cc2)c1C#N)C(=O)Nc1ccccc1F. The fourth-order valence-electron chi connectivity index (χ4n) is 3.70. The van der Waals surface area contributed by atoms with Crippen LogP contribution in [0.4, 0.5) is 10.1 Å². The topological polar surface area (TPSA) is 75.0 Å². The summed E-state index contributed by atoms with van der Waals surface area (Å²) in [7, 11) is 1.60. The Kier molecular flexibility index (Phi) is 7.99. The Bertz CT molecular complexity index is 1400. The molecule has 0 aliphatic heterocycles. The molecule has 180 valence electrons. The second-order valence-electron chi connectivity index (χ2n) is 7.93. The quantitative estimate of drug-likeness (QED) is 0.267. The third-order valence-electron chi connectivity index (χ3n) is 5.62. The van der Waals surface area contributed by atoms with Crippen LogP contribution in [0.25, 0.3) is 22.4 Å². The Morgan fingerprint density at radius 2 is 1.75 bits per heavy atom. The summed E-state index contributed by atoms with van der Waals surface area (Å²) in [6.07, 6.45) is 0.463. The number of anilines is 1. The van der Waals surface area contributed by atoms with E-state index in [1.54, 1.807) is 19.2 Å². The third kappa shape index (κ3) is 5.56. The number of pyridine rings is 1. The minimum Gasteiger partial charge on any atom is -0.497 e. The number of carbonyl (C=O) groups excluding carboxylic acids is 1. The minimum atomic E-state index is -0.584. The Balaban J connectivity index is 1.76. The first-order valence-corrected chi connectivity index (χ1v) is 12.3. The van der Waals surface area contributed by atoms with E-state index in [1.807, 2.05) is 67.6 Å². The van der Waals surface area contributed by atoms with Gasteiger partial charge in [-0.1, -0.05) is 73.3 Å². The molecule has 0 spiro atoms. The van der Waals surface area contributed by atoms with Crippen LogP contribution >= 0.6 is 11.8 Å². The van der Waals surface area contributed by atoms with Crippen molar-refractivity contribution in [2.24, 2.45) is 0 Å². The van der Waals surface area contributed by atoms with Crippen LogP contribution in [0, 0.1) is 17.1 Å². The largest absolute Gasteiger partial charge is 0.497 e. The maximum absolute atomic E-state index is 14.1. The predicted molar refractivity (Wildman–Crippen MR) is 141 cm³/mol. The summed E-state index contributed by atoms with van der Waals surface area (Å²) < 4.78 is 19.4. The van der Waals surface area contributed by atoms with Gasteiger partial charge in [-0.15, -0.1) is 0 Å². The Labute approximate surface area is 214 Å². The highest BCUT2D eigenvalue weighted by atomic mass is 32.2. The molecule has 7 heteroatoms. The molecule has 0 saturated heterocycles. The number of hydrogen-bond donors (Lipinski definition) is 1. The number of thioether (sulfide) groups is 1. The molecule has 4 rings (SSSR count). The monoisotopic (exact) mass is 497 g/mol. The van der Waals surface area contributed by atoms with Gasteiger partial charge in [-0.3, -0.25) is 4.79 Å². The van der Waals surface area contributed by atoms with Crippen LogP contribution in [-0.2, 0) is 4.79 Å². The van der Waals surface area contributed by atoms with Crippen molar-refractivity contribution in [2.75, 3.05) is 12.4 Å². The zero-order valence-electron chi connectivity index (χ0n) is 19.9. The van der Waals surface area contributed by atoms with Gasteiger partial charge in [0.1, 0.15) is 22.7 Å². The Morgan fingerprint density at radius 3 is 2.39 bits per heavy atom. The van der Waals surface area contributed by atoms with Gasteiger partial charge in [0.05, 0.1) is 29.3 Å². The second kappa shape index (κ2) is 11.5. The smallest absolute Gasteiger partial charge is 0.237 e. The number of benzene rings is 3. The molecule has 0 aliphatic rings. The second-order valence-corrected chi connectivity index (χ2v) is 9.12. The van der Waals surface area contributed by atoms with Gasteiger partial charge in [0, 0.05) is 11.1 Å². The number of para-hydroxylation sites is 1. The van der Waals surface area contributed by atoms with Crippen molar-refractivity contribution in [3.05, 3.63) is 96.3 Å². The van der Waals surface area contributed by atoms with E-state index < -0.39 is 11.1 Å². The van der Waals surface area contributed by atoms with Crippen molar-refractivity contribution in [1.82, 2.24) is 4.98 Å². The molecular weight excluding hydrogens is 473 g/mol. The maximum atomic E-state index is 14.1. The molecule has 0 aliphatic carbocycles. The first-order valence-electron chi connectivity index (χ1n) is 11.4. The Morgan fingerprint density at radius 1 is 1.06 bits per heavy atom. The lowest BCUT2D eigenvalue weighted by molar-refractivity contribution is -0.115. The molecule has 0 bridgehead atoms. The van der Waals surface area contributed by atoms with E-state index in [9.17, 15) is 14.4 Å². The lowest BCUT2D eigenvalue weighted by Crippen LogP contribution is -2.25. The first-order chi connectivity index (χ1) is 17.5. The number of rotatable bonds is 8. The van der Waals surface area contributed by atoms with E-state index in [0.717, 1.165) is 11.1 Å². The van der Waals surface area contributed by atoms with Crippen molar-refractivity contribution < 1.29 is 13.9 Å². The average molecular weight is 498 g/mol. The van der Waals surface area contributed by atoms with E-state index >= 15 is 0 Å². The summed E-state index contributed by atoms with van der Waals surface area (Å²) in [5, 5.41) is 12.7. The number of ether oxygens (including phenoxy) is 1. The standard InChI is InChI=1S/C29H24FN3O2S/c1-3-27(28(34)32-25-12-8-7-11-24(25)30)36-29-23(18-31)22(19-13-15-21(35-2)16-14-19)17-26(33-29)20-9-5-4-6-10-20/h4-17,27H,3H2,1-2H3,(H,32,34). The van der Waals surface area contributed by atoms with Crippen LogP contribution < -0.4 is 10.1 Å². The number of halogens is 1. The summed E-state index contributed by atoms with van der Waals surface area (Å²) in [5.41, 5.74) is 3.61. The van der Waals surface area contributed by atoms with Crippen LogP contribution in [0.1, 0.15) is 18.9 Å². The molecule has 36 heavy (non-hydrogen) atoms. The number of hydrogen-bond acceptors (Lipinski definition) is 5. The first kappa shape index (κ1) is 25.0. The summed E-state index contributed by atoms with van der Waals surface area (Å²) in [6, 6.07) is 27.3. The van der Waals surface area contributed by atoms with Gasteiger partial charge >= 0.3 is 0 Å². The molecule has 5 nitrogen and oxygen atoms in total. The molecule has 1 unspecified atom stereocenters. The molecular formula is C29H24FN3O2S. The summed E-state index contributed by atoms with van der Waals surface area (Å²) in [4.78, 5) is 17.8. The number of nitriles is 1. The van der Waals surface area contributed by atoms with Crippen LogP contribution in [0.3, 0.4) is 0 Å². The minimum absolute atomic E-state index is 0.118. The lowest BCUT2D eigenvalue weighted by atomic mass is 9.99. The molecule has 0 fully saturated rings. The molecule has 1 atom stereocenters. The van der Waals surface area contributed by atoms with Gasteiger partial charge in [0.25, 0.3) is 0 Å². The van der Waals surface area contributed by atoms with Gasteiger partial charge in [-0.05, 0) is 42.3 Å². The summed E-state index contributed by atoms with van der Waals surface area (Å²) in [5.74, 6) is -0.149. The Hall–Kier alpha value is -4.15. The number of carbonyl (C=O) groups is 1. The number of amides is 1. The van der Waals surface area contributed by atoms with Crippen molar-refractivity contribution in [3.63, 3.8) is 0 Å². The van der Waals surface area contributed by atoms with E-state index in [4.69, 9.17) is 9.72 Å². The van der Waals surface area contributed by atoms with Crippen LogP contribution in [0.5, 0.6) is 5.75 Å². The molecule has 1 heterocycles. The summed E-state index contributed by atoms with van der Waals surface area (Å²) >= 11 is 1.21. The third-order valence-corrected chi connectivity index (χ3v) is 6.97. The maximum Gasteiger partial charge on any atom is 0.237 e. The zero-order valence-corrected chi connectivity index (χ0v) is 20.7. The van der Waals surface area contributed by atoms with Crippen LogP contribution in [-0.4, -0.2) is 23.3 Å². The highest BCUT2D eigenvalue weighted by molar-refractivity contribution is 8.00. The van der Waals surface area contributed by atoms with Gasteiger partial charge < -0.3 is 10.1 Å². The molecule has 0 radical (unpaired) electrons. The molecule has 1 amide bonds. The van der Waals surface area contributed by atoms with Gasteiger partial charge in [0.15, 0.2) is 0 Å². The van der Waals surface area contributed by atoms with Gasteiger partial charge in [0.2, 0.25) is 5.91 Å². The van der Waals surface area contributed by atoms with Crippen molar-refractivity contribution in [3.8, 4) is 34.2 Å². The number of nitrogens with one attached hydrogen (secondary N) is 1. The van der Waals surface area contributed by atoms with E-state index in [1.165, 1.54) is 23.9 Å². The van der Waals surface area contributed by atoms with Crippen molar-refractivity contribution in [2.45, 2.75) is 23.6 Å². The molecule has 1 aromatic heterocycles. The van der Waals surface area contributed by atoms with E-state index in [0.29, 0.717) is 34.0 Å². The highest BCUT2D eigenvalue weighted by Gasteiger charge is 2.24. The van der Waals surface area contributed by atoms with E-state index in [-0.39, 0.29) is 11.6 Å².